The van der Waals surface area contributed by atoms with Gasteiger partial charge in [-0.3, -0.25) is 9.80 Å². The van der Waals surface area contributed by atoms with Gasteiger partial charge in [0.1, 0.15) is 22.7 Å². The normalized spacial score (nSPS) is 29.9. The summed E-state index contributed by atoms with van der Waals surface area (Å²) >= 11 is 0. The van der Waals surface area contributed by atoms with Crippen molar-refractivity contribution in [3.63, 3.8) is 0 Å². The zero-order chi connectivity index (χ0) is 24.9. The smallest absolute Gasteiger partial charge is 0.412 e. The van der Waals surface area contributed by atoms with Gasteiger partial charge in [0.2, 0.25) is 0 Å². The summed E-state index contributed by atoms with van der Waals surface area (Å²) in [7, 11) is 0. The van der Waals surface area contributed by atoms with Crippen LogP contribution in [0.1, 0.15) is 95.9 Å². The van der Waals surface area contributed by atoms with E-state index in [2.05, 4.69) is 0 Å². The Balaban J connectivity index is 2.06. The second-order valence-corrected chi connectivity index (χ2v) is 12.0. The molecule has 2 heterocycles. The molecule has 0 aromatic rings. The van der Waals surface area contributed by atoms with Gasteiger partial charge in [0, 0.05) is 0 Å². The third-order valence-electron chi connectivity index (χ3n) is 5.85. The Morgan fingerprint density at radius 1 is 0.719 bits per heavy atom. The van der Waals surface area contributed by atoms with E-state index >= 15 is 0 Å². The summed E-state index contributed by atoms with van der Waals surface area (Å²) in [4.78, 5) is 29.0. The highest BCUT2D eigenvalue weighted by Crippen LogP contribution is 2.39. The van der Waals surface area contributed by atoms with Gasteiger partial charge in [-0.1, -0.05) is 0 Å². The van der Waals surface area contributed by atoms with Crippen LogP contribution in [0.15, 0.2) is 0 Å². The lowest BCUT2D eigenvalue weighted by atomic mass is 10.0. The van der Waals surface area contributed by atoms with Crippen molar-refractivity contribution >= 4 is 12.2 Å². The summed E-state index contributed by atoms with van der Waals surface area (Å²) in [5, 5.41) is 0. The molecule has 8 nitrogen and oxygen atoms in total. The summed E-state index contributed by atoms with van der Waals surface area (Å²) < 4.78 is 23.7. The molecule has 0 N–H and O–H groups in total. The zero-order valence-electron chi connectivity index (χ0n) is 22.1. The lowest BCUT2D eigenvalue weighted by Crippen LogP contribution is -2.49. The minimum Gasteiger partial charge on any atom is -0.444 e. The summed E-state index contributed by atoms with van der Waals surface area (Å²) in [5.41, 5.74) is -2.68. The van der Waals surface area contributed by atoms with E-state index in [9.17, 15) is 9.59 Å². The zero-order valence-corrected chi connectivity index (χ0v) is 22.1. The average Bonchev–Trinajstić information content (AvgIpc) is 2.89. The van der Waals surface area contributed by atoms with E-state index in [1.54, 1.807) is 9.80 Å². The standard InChI is InChI=1S/C24H44N2O6/c1-15-17(29-23(9,10)25(15)19(27)31-21(3,4)5)13-14-18-16(2)26(24(11,12)30-18)20(28)32-22(6,7)8/h15-18H,13-14H2,1-12H3/t15-,16-,17-,18+/m0/s1. The molecule has 2 aliphatic rings. The molecule has 32 heavy (non-hydrogen) atoms. The van der Waals surface area contributed by atoms with E-state index in [1.165, 1.54) is 0 Å². The van der Waals surface area contributed by atoms with Crippen molar-refractivity contribution in [2.45, 2.75) is 143 Å². The summed E-state index contributed by atoms with van der Waals surface area (Å²) in [5.74, 6) is 0. The van der Waals surface area contributed by atoms with Crippen LogP contribution in [0, 0.1) is 0 Å². The highest BCUT2D eigenvalue weighted by atomic mass is 16.6. The molecule has 0 bridgehead atoms. The van der Waals surface area contributed by atoms with Crippen LogP contribution < -0.4 is 0 Å². The summed E-state index contributed by atoms with van der Waals surface area (Å²) in [6.45, 7) is 22.6. The molecule has 0 spiro atoms. The van der Waals surface area contributed by atoms with Crippen molar-refractivity contribution < 1.29 is 28.5 Å². The Bertz CT molecular complexity index is 646. The van der Waals surface area contributed by atoms with Gasteiger partial charge in [-0.2, -0.15) is 0 Å². The van der Waals surface area contributed by atoms with E-state index in [0.717, 1.165) is 0 Å². The van der Waals surface area contributed by atoms with Crippen molar-refractivity contribution in [1.82, 2.24) is 9.80 Å². The van der Waals surface area contributed by atoms with Crippen LogP contribution in [0.5, 0.6) is 0 Å². The fourth-order valence-electron chi connectivity index (χ4n) is 4.69. The first-order valence-corrected chi connectivity index (χ1v) is 11.7. The molecule has 0 aliphatic carbocycles. The maximum Gasteiger partial charge on any atom is 0.412 e. The first-order chi connectivity index (χ1) is 14.3. The van der Waals surface area contributed by atoms with E-state index in [0.29, 0.717) is 12.8 Å². The maximum atomic E-state index is 12.8. The average molecular weight is 457 g/mol. The van der Waals surface area contributed by atoms with Crippen molar-refractivity contribution in [3.05, 3.63) is 0 Å². The van der Waals surface area contributed by atoms with Crippen LogP contribution >= 0.6 is 0 Å². The lowest BCUT2D eigenvalue weighted by molar-refractivity contribution is -0.0912. The molecule has 0 aromatic heterocycles. The third kappa shape index (κ3) is 6.07. The first kappa shape index (κ1) is 26.7. The van der Waals surface area contributed by atoms with Crippen LogP contribution in [0.4, 0.5) is 9.59 Å². The second-order valence-electron chi connectivity index (χ2n) is 12.0. The number of rotatable bonds is 3. The van der Waals surface area contributed by atoms with Gasteiger partial charge in [-0.05, 0) is 95.9 Å². The van der Waals surface area contributed by atoms with Crippen LogP contribution in [-0.2, 0) is 18.9 Å². The molecule has 0 aromatic carbocycles. The van der Waals surface area contributed by atoms with Crippen molar-refractivity contribution in [3.8, 4) is 0 Å². The van der Waals surface area contributed by atoms with E-state index in [1.807, 2.05) is 83.1 Å². The van der Waals surface area contributed by atoms with Gasteiger partial charge in [0.05, 0.1) is 24.3 Å². The third-order valence-corrected chi connectivity index (χ3v) is 5.85. The number of carbonyl (C=O) groups is 2. The molecule has 2 rings (SSSR count). The van der Waals surface area contributed by atoms with Crippen LogP contribution in [0.3, 0.4) is 0 Å². The van der Waals surface area contributed by atoms with Gasteiger partial charge in [0.25, 0.3) is 0 Å². The Kier molecular flexibility index (Phi) is 7.24. The van der Waals surface area contributed by atoms with E-state index in [-0.39, 0.29) is 36.5 Å². The Hall–Kier alpha value is -1.54. The summed E-state index contributed by atoms with van der Waals surface area (Å²) in [6.07, 6.45) is 0.313. The van der Waals surface area contributed by atoms with Gasteiger partial charge < -0.3 is 18.9 Å². The number of hydrogen-bond acceptors (Lipinski definition) is 6. The van der Waals surface area contributed by atoms with Gasteiger partial charge in [-0.25, -0.2) is 9.59 Å². The van der Waals surface area contributed by atoms with Gasteiger partial charge in [0.15, 0.2) is 0 Å². The molecule has 2 aliphatic heterocycles. The first-order valence-electron chi connectivity index (χ1n) is 11.7. The van der Waals surface area contributed by atoms with Crippen LogP contribution in [0.25, 0.3) is 0 Å². The molecule has 0 radical (unpaired) electrons. The number of amides is 2. The van der Waals surface area contributed by atoms with Crippen molar-refractivity contribution in [2.75, 3.05) is 0 Å². The highest BCUT2D eigenvalue weighted by molar-refractivity contribution is 5.70. The van der Waals surface area contributed by atoms with Crippen LogP contribution in [-0.4, -0.2) is 68.9 Å². The fourth-order valence-corrected chi connectivity index (χ4v) is 4.69. The Labute approximate surface area is 193 Å². The molecule has 186 valence electrons. The highest BCUT2D eigenvalue weighted by Gasteiger charge is 2.52. The Morgan fingerprint density at radius 3 is 1.25 bits per heavy atom. The number of hydrogen-bond donors (Lipinski definition) is 0. The predicted molar refractivity (Wildman–Crippen MR) is 122 cm³/mol. The maximum absolute atomic E-state index is 12.8. The number of ether oxygens (including phenoxy) is 4. The molecular formula is C24H44N2O6. The monoisotopic (exact) mass is 456 g/mol. The van der Waals surface area contributed by atoms with Crippen molar-refractivity contribution in [1.29, 1.82) is 0 Å². The van der Waals surface area contributed by atoms with E-state index in [4.69, 9.17) is 18.9 Å². The lowest BCUT2D eigenvalue weighted by Gasteiger charge is -2.34. The molecule has 4 atom stereocenters. The number of carbonyl (C=O) groups excluding carboxylic acids is 2. The topological polar surface area (TPSA) is 77.5 Å². The SMILES string of the molecule is C[C@H]1[C@H](CC[C@H]2OC(C)(C)N(C(=O)OC(C)(C)C)[C@H]2C)OC(C)(C)N1C(=O)OC(C)(C)C. The minimum atomic E-state index is -0.767. The van der Waals surface area contributed by atoms with Crippen molar-refractivity contribution in [2.24, 2.45) is 0 Å². The molecule has 2 saturated heterocycles. The second kappa shape index (κ2) is 8.67. The van der Waals surface area contributed by atoms with Crippen LogP contribution in [0.2, 0.25) is 0 Å². The molecular weight excluding hydrogens is 412 g/mol. The van der Waals surface area contributed by atoms with E-state index < -0.39 is 22.7 Å². The molecule has 8 heteroatoms. The minimum absolute atomic E-state index is 0.147. The largest absolute Gasteiger partial charge is 0.444 e. The Morgan fingerprint density at radius 2 is 1.00 bits per heavy atom. The molecule has 2 amide bonds. The van der Waals surface area contributed by atoms with Gasteiger partial charge in [-0.15, -0.1) is 0 Å². The quantitative estimate of drug-likeness (QED) is 0.574. The molecule has 2 fully saturated rings. The number of nitrogens with zero attached hydrogens (tertiary/aromatic N) is 2. The molecule has 0 unspecified atom stereocenters. The fraction of sp³-hybridized carbons (Fsp3) is 0.917. The van der Waals surface area contributed by atoms with Gasteiger partial charge >= 0.3 is 12.2 Å². The summed E-state index contributed by atoms with van der Waals surface area (Å²) in [6, 6.07) is -0.293. The predicted octanol–water partition coefficient (Wildman–Crippen LogP) is 5.29. The molecule has 0 saturated carbocycles.